The van der Waals surface area contributed by atoms with Crippen LogP contribution < -0.4 is 0 Å². The Kier molecular flexibility index (Phi) is 7.44. The number of nitrogens with zero attached hydrogens (tertiary/aromatic N) is 5. The van der Waals surface area contributed by atoms with E-state index in [1.807, 2.05) is 26.0 Å². The number of carbonyl (C=O) groups excluding carboxylic acids is 1. The van der Waals surface area contributed by atoms with Gasteiger partial charge in [0, 0.05) is 49.9 Å². The van der Waals surface area contributed by atoms with Crippen molar-refractivity contribution >= 4 is 5.91 Å². The summed E-state index contributed by atoms with van der Waals surface area (Å²) in [5, 5.41) is 38.9. The zero-order valence-electron chi connectivity index (χ0n) is 22.4. The van der Waals surface area contributed by atoms with E-state index in [1.165, 1.54) is 16.7 Å². The average Bonchev–Trinajstić information content (AvgIpc) is 3.31. The smallest absolute Gasteiger partial charge is 0.319 e. The number of phenols is 2. The van der Waals surface area contributed by atoms with E-state index in [1.54, 1.807) is 35.2 Å². The van der Waals surface area contributed by atoms with Crippen molar-refractivity contribution in [2.45, 2.75) is 26.3 Å². The Morgan fingerprint density at radius 3 is 2.30 bits per heavy atom. The number of hydrogen-bond acceptors (Lipinski definition) is 7. The Morgan fingerprint density at radius 1 is 0.950 bits per heavy atom. The van der Waals surface area contributed by atoms with Gasteiger partial charge in [0.2, 0.25) is 0 Å². The van der Waals surface area contributed by atoms with Crippen molar-refractivity contribution in [3.63, 3.8) is 0 Å². The number of aromatic hydroxyl groups is 3. The Balaban J connectivity index is 1.31. The predicted molar refractivity (Wildman–Crippen MR) is 148 cm³/mol. The summed E-state index contributed by atoms with van der Waals surface area (Å²) in [4.78, 5) is 16.7. The molecule has 1 aliphatic rings. The van der Waals surface area contributed by atoms with Gasteiger partial charge in [0.1, 0.15) is 17.3 Å². The maximum atomic E-state index is 15.3. The SMILES string of the molecule is [CH2]c1ccc(C(=O)N2CCN(Cc3ccc(-n4c(O)nnc4-c4cc(C(C)C)c(O)cc4O)cc3F)CC2)cc1. The standard InChI is InChI=1S/C30H31FN5O4/c1-18(2)23-15-24(27(38)16-26(23)37)28-32-33-30(40)36(28)22-9-8-21(25(31)14-22)17-34-10-12-35(13-11-34)29(39)20-6-4-19(3)5-7-20/h4-9,14-16,18,37-38H,3,10-13,17H2,1-2H3,(H,33,40). The van der Waals surface area contributed by atoms with Crippen LogP contribution in [0.5, 0.6) is 17.5 Å². The Hall–Kier alpha value is -4.44. The number of rotatable bonds is 6. The lowest BCUT2D eigenvalue weighted by atomic mass is 9.98. The van der Waals surface area contributed by atoms with E-state index in [2.05, 4.69) is 22.0 Å². The molecule has 40 heavy (non-hydrogen) atoms. The van der Waals surface area contributed by atoms with Crippen LogP contribution in [0.25, 0.3) is 17.1 Å². The van der Waals surface area contributed by atoms with Gasteiger partial charge >= 0.3 is 6.01 Å². The molecule has 0 aliphatic carbocycles. The Bertz CT molecular complexity index is 1540. The van der Waals surface area contributed by atoms with Crippen LogP contribution in [0.4, 0.5) is 4.39 Å². The maximum absolute atomic E-state index is 15.3. The van der Waals surface area contributed by atoms with Gasteiger partial charge in [0.15, 0.2) is 5.82 Å². The molecule has 4 aromatic rings. The van der Waals surface area contributed by atoms with Crippen molar-refractivity contribution in [1.29, 1.82) is 0 Å². The molecule has 1 saturated heterocycles. The number of benzene rings is 3. The molecule has 1 aromatic heterocycles. The van der Waals surface area contributed by atoms with Gasteiger partial charge < -0.3 is 20.2 Å². The normalized spacial score (nSPS) is 14.2. The molecule has 3 aromatic carbocycles. The third kappa shape index (κ3) is 5.35. The van der Waals surface area contributed by atoms with Crippen LogP contribution in [0, 0.1) is 12.7 Å². The third-order valence-electron chi connectivity index (χ3n) is 7.20. The number of carbonyl (C=O) groups is 1. The monoisotopic (exact) mass is 544 g/mol. The third-order valence-corrected chi connectivity index (χ3v) is 7.20. The summed E-state index contributed by atoms with van der Waals surface area (Å²) in [5.41, 5.74) is 3.05. The molecule has 0 saturated carbocycles. The second-order valence-electron chi connectivity index (χ2n) is 10.3. The molecule has 1 radical (unpaired) electrons. The van der Waals surface area contributed by atoms with Gasteiger partial charge in [-0.05, 0) is 54.3 Å². The summed E-state index contributed by atoms with van der Waals surface area (Å²) in [7, 11) is 0. The highest BCUT2D eigenvalue weighted by molar-refractivity contribution is 5.94. The molecule has 5 rings (SSSR count). The van der Waals surface area contributed by atoms with E-state index in [-0.39, 0.29) is 40.4 Å². The molecule has 0 unspecified atom stereocenters. The molecule has 0 bridgehead atoms. The highest BCUT2D eigenvalue weighted by atomic mass is 19.1. The largest absolute Gasteiger partial charge is 0.508 e. The zero-order valence-corrected chi connectivity index (χ0v) is 22.4. The number of halogens is 1. The predicted octanol–water partition coefficient (Wildman–Crippen LogP) is 4.45. The quantitative estimate of drug-likeness (QED) is 0.329. The van der Waals surface area contributed by atoms with Crippen molar-refractivity contribution in [3.8, 4) is 34.6 Å². The lowest BCUT2D eigenvalue weighted by molar-refractivity contribution is 0.0627. The maximum Gasteiger partial charge on any atom is 0.319 e. The molecule has 10 heteroatoms. The molecular formula is C30H31FN5O4. The molecule has 0 atom stereocenters. The molecule has 9 nitrogen and oxygen atoms in total. The highest BCUT2D eigenvalue weighted by Crippen LogP contribution is 2.39. The number of hydrogen-bond donors (Lipinski definition) is 3. The van der Waals surface area contributed by atoms with Crippen molar-refractivity contribution in [3.05, 3.63) is 89.6 Å². The van der Waals surface area contributed by atoms with Crippen LogP contribution >= 0.6 is 0 Å². The van der Waals surface area contributed by atoms with Gasteiger partial charge in [0.05, 0.1) is 11.3 Å². The van der Waals surface area contributed by atoms with Gasteiger partial charge in [-0.1, -0.05) is 37.1 Å². The molecule has 3 N–H and O–H groups in total. The summed E-state index contributed by atoms with van der Waals surface area (Å²) in [6, 6.07) is 14.1. The van der Waals surface area contributed by atoms with E-state index in [0.717, 1.165) is 5.56 Å². The van der Waals surface area contributed by atoms with Gasteiger partial charge in [0.25, 0.3) is 5.91 Å². The summed E-state index contributed by atoms with van der Waals surface area (Å²) in [6.45, 7) is 10.3. The Morgan fingerprint density at radius 2 is 1.65 bits per heavy atom. The second kappa shape index (κ2) is 11.0. The van der Waals surface area contributed by atoms with Crippen LogP contribution in [0.3, 0.4) is 0 Å². The fraction of sp³-hybridized carbons (Fsp3) is 0.267. The van der Waals surface area contributed by atoms with Crippen LogP contribution in [0.1, 0.15) is 46.8 Å². The van der Waals surface area contributed by atoms with E-state index in [9.17, 15) is 20.1 Å². The van der Waals surface area contributed by atoms with E-state index in [4.69, 9.17) is 0 Å². The fourth-order valence-corrected chi connectivity index (χ4v) is 4.91. The number of phenolic OH excluding ortho intramolecular Hbond substituents is 2. The molecule has 2 heterocycles. The first-order chi connectivity index (χ1) is 19.1. The zero-order chi connectivity index (χ0) is 28.6. The van der Waals surface area contributed by atoms with Gasteiger partial charge in [-0.25, -0.2) is 8.96 Å². The number of piperazine rings is 1. The summed E-state index contributed by atoms with van der Waals surface area (Å²) >= 11 is 0. The first-order valence-corrected chi connectivity index (χ1v) is 13.1. The lowest BCUT2D eigenvalue weighted by Crippen LogP contribution is -2.48. The van der Waals surface area contributed by atoms with Crippen molar-refractivity contribution < 1.29 is 24.5 Å². The topological polar surface area (TPSA) is 115 Å². The minimum Gasteiger partial charge on any atom is -0.508 e. The van der Waals surface area contributed by atoms with Crippen LogP contribution in [-0.4, -0.2) is 72.0 Å². The van der Waals surface area contributed by atoms with Crippen molar-refractivity contribution in [1.82, 2.24) is 24.6 Å². The average molecular weight is 545 g/mol. The van der Waals surface area contributed by atoms with Crippen molar-refractivity contribution in [2.75, 3.05) is 26.2 Å². The molecule has 0 spiro atoms. The number of aromatic nitrogens is 3. The summed E-state index contributed by atoms with van der Waals surface area (Å²) in [5.74, 6) is -0.735. The molecule has 1 amide bonds. The minimum atomic E-state index is -0.471. The molecular weight excluding hydrogens is 513 g/mol. The first-order valence-electron chi connectivity index (χ1n) is 13.1. The summed E-state index contributed by atoms with van der Waals surface area (Å²) in [6.07, 6.45) is 0. The molecule has 1 aliphatic heterocycles. The Labute approximate surface area is 231 Å². The van der Waals surface area contributed by atoms with E-state index >= 15 is 4.39 Å². The highest BCUT2D eigenvalue weighted by Gasteiger charge is 2.24. The lowest BCUT2D eigenvalue weighted by Gasteiger charge is -2.35. The van der Waals surface area contributed by atoms with Crippen LogP contribution in [0.15, 0.2) is 54.6 Å². The summed E-state index contributed by atoms with van der Waals surface area (Å²) < 4.78 is 16.6. The van der Waals surface area contributed by atoms with Crippen molar-refractivity contribution in [2.24, 2.45) is 0 Å². The molecule has 207 valence electrons. The first kappa shape index (κ1) is 27.1. The van der Waals surface area contributed by atoms with E-state index in [0.29, 0.717) is 49.4 Å². The fourth-order valence-electron chi connectivity index (χ4n) is 4.91. The molecule has 1 fully saturated rings. The van der Waals surface area contributed by atoms with Crippen LogP contribution in [0.2, 0.25) is 0 Å². The van der Waals surface area contributed by atoms with Gasteiger partial charge in [-0.3, -0.25) is 9.69 Å². The van der Waals surface area contributed by atoms with Crippen LogP contribution in [-0.2, 0) is 6.54 Å². The number of amides is 1. The van der Waals surface area contributed by atoms with Gasteiger partial charge in [-0.2, -0.15) is 0 Å². The second-order valence-corrected chi connectivity index (χ2v) is 10.3. The minimum absolute atomic E-state index is 0.0279. The van der Waals surface area contributed by atoms with Gasteiger partial charge in [-0.15, -0.1) is 5.10 Å². The van der Waals surface area contributed by atoms with E-state index < -0.39 is 11.8 Å².